The predicted octanol–water partition coefficient (Wildman–Crippen LogP) is 3.72. The van der Waals surface area contributed by atoms with Crippen LogP contribution in [0.15, 0.2) is 41.1 Å². The van der Waals surface area contributed by atoms with Crippen LogP contribution in [-0.4, -0.2) is 31.8 Å². The Labute approximate surface area is 146 Å². The zero-order valence-electron chi connectivity index (χ0n) is 13.2. The zero-order chi connectivity index (χ0) is 16.5. The Hall–Kier alpha value is -2.32. The Bertz CT molecular complexity index is 987. The highest BCUT2D eigenvalue weighted by atomic mass is 32.2. The number of H-pyrrole nitrogens is 1. The third kappa shape index (κ3) is 3.02. The van der Waals surface area contributed by atoms with Gasteiger partial charge in [0.2, 0.25) is 0 Å². The molecule has 0 aliphatic carbocycles. The summed E-state index contributed by atoms with van der Waals surface area (Å²) >= 11 is 3.28. The van der Waals surface area contributed by atoms with Crippen molar-refractivity contribution in [2.75, 3.05) is 7.11 Å². The number of ether oxygens (including phenoxy) is 1. The van der Waals surface area contributed by atoms with E-state index in [2.05, 4.69) is 25.4 Å². The summed E-state index contributed by atoms with van der Waals surface area (Å²) in [6.07, 6.45) is 3.81. The quantitative estimate of drug-likeness (QED) is 0.551. The van der Waals surface area contributed by atoms with Crippen LogP contribution in [0.4, 0.5) is 0 Å². The van der Waals surface area contributed by atoms with E-state index in [1.165, 1.54) is 0 Å². The summed E-state index contributed by atoms with van der Waals surface area (Å²) in [5.41, 5.74) is 4.01. The van der Waals surface area contributed by atoms with Crippen LogP contribution in [0.5, 0.6) is 5.75 Å². The molecule has 0 bridgehead atoms. The Morgan fingerprint density at radius 2 is 2.25 bits per heavy atom. The van der Waals surface area contributed by atoms with Gasteiger partial charge in [-0.1, -0.05) is 11.8 Å². The minimum Gasteiger partial charge on any atom is -0.497 e. The van der Waals surface area contributed by atoms with Gasteiger partial charge < -0.3 is 9.72 Å². The number of aromatic nitrogens is 5. The number of imidazole rings is 1. The molecule has 1 N–H and O–H groups in total. The lowest BCUT2D eigenvalue weighted by molar-refractivity contribution is 0.415. The van der Waals surface area contributed by atoms with Crippen molar-refractivity contribution in [3.05, 3.63) is 41.7 Å². The molecule has 24 heavy (non-hydrogen) atoms. The maximum atomic E-state index is 5.24. The van der Waals surface area contributed by atoms with E-state index in [1.54, 1.807) is 34.9 Å². The average Bonchev–Trinajstić information content (AvgIpc) is 3.30. The molecule has 3 aromatic heterocycles. The molecule has 3 heterocycles. The second kappa shape index (κ2) is 6.29. The monoisotopic (exact) mass is 357 g/mol. The molecule has 8 heteroatoms. The molecule has 0 saturated heterocycles. The van der Waals surface area contributed by atoms with Gasteiger partial charge in [-0.15, -0.1) is 11.3 Å². The zero-order valence-corrected chi connectivity index (χ0v) is 14.8. The number of hydrogen-bond acceptors (Lipinski definition) is 6. The first-order chi connectivity index (χ1) is 11.7. The highest BCUT2D eigenvalue weighted by molar-refractivity contribution is 7.98. The van der Waals surface area contributed by atoms with Crippen molar-refractivity contribution in [1.29, 1.82) is 0 Å². The van der Waals surface area contributed by atoms with E-state index in [9.17, 15) is 0 Å². The lowest BCUT2D eigenvalue weighted by Gasteiger charge is -1.96. The molecule has 0 amide bonds. The standard InChI is InChI=1S/C16H15N5OS2/c1-21-7-10(6-17-21)15-18-11(8-23-15)9-24-16-19-13-4-3-12(22-2)5-14(13)20-16/h3-8H,9H2,1-2H3,(H,19,20). The van der Waals surface area contributed by atoms with Crippen LogP contribution in [-0.2, 0) is 12.8 Å². The Morgan fingerprint density at radius 1 is 1.33 bits per heavy atom. The van der Waals surface area contributed by atoms with Crippen LogP contribution < -0.4 is 4.74 Å². The summed E-state index contributed by atoms with van der Waals surface area (Å²) < 4.78 is 7.02. The summed E-state index contributed by atoms with van der Waals surface area (Å²) in [5, 5.41) is 8.15. The van der Waals surface area contributed by atoms with Crippen molar-refractivity contribution < 1.29 is 4.74 Å². The van der Waals surface area contributed by atoms with Crippen LogP contribution >= 0.6 is 23.1 Å². The van der Waals surface area contributed by atoms with Gasteiger partial charge in [-0.2, -0.15) is 5.10 Å². The number of rotatable bonds is 5. The first-order valence-corrected chi connectivity index (χ1v) is 9.18. The van der Waals surface area contributed by atoms with Gasteiger partial charge in [-0.3, -0.25) is 4.68 Å². The van der Waals surface area contributed by atoms with Crippen molar-refractivity contribution in [2.24, 2.45) is 7.05 Å². The number of aryl methyl sites for hydroxylation is 1. The Morgan fingerprint density at radius 3 is 3.04 bits per heavy atom. The average molecular weight is 357 g/mol. The van der Waals surface area contributed by atoms with Crippen molar-refractivity contribution in [2.45, 2.75) is 10.9 Å². The van der Waals surface area contributed by atoms with Gasteiger partial charge in [0.1, 0.15) is 10.8 Å². The maximum Gasteiger partial charge on any atom is 0.166 e. The van der Waals surface area contributed by atoms with Crippen molar-refractivity contribution in [3.63, 3.8) is 0 Å². The van der Waals surface area contributed by atoms with E-state index in [0.29, 0.717) is 0 Å². The molecule has 6 nitrogen and oxygen atoms in total. The van der Waals surface area contributed by atoms with E-state index in [4.69, 9.17) is 4.74 Å². The van der Waals surface area contributed by atoms with Crippen LogP contribution in [0.3, 0.4) is 0 Å². The molecular weight excluding hydrogens is 342 g/mol. The van der Waals surface area contributed by atoms with Crippen molar-refractivity contribution >= 4 is 34.1 Å². The van der Waals surface area contributed by atoms with Crippen LogP contribution in [0, 0.1) is 0 Å². The van der Waals surface area contributed by atoms with Gasteiger partial charge in [0.15, 0.2) is 5.16 Å². The maximum absolute atomic E-state index is 5.24. The van der Waals surface area contributed by atoms with Gasteiger partial charge in [-0.05, 0) is 12.1 Å². The number of benzene rings is 1. The number of fused-ring (bicyclic) bond motifs is 1. The summed E-state index contributed by atoms with van der Waals surface area (Å²) in [5.74, 6) is 1.59. The number of aromatic amines is 1. The molecule has 0 unspecified atom stereocenters. The van der Waals surface area contributed by atoms with E-state index < -0.39 is 0 Å². The topological polar surface area (TPSA) is 68.6 Å². The molecule has 4 aromatic rings. The number of thioether (sulfide) groups is 1. The molecule has 0 aliphatic rings. The molecule has 4 rings (SSSR count). The van der Waals surface area contributed by atoms with E-state index >= 15 is 0 Å². The Kier molecular flexibility index (Phi) is 3.99. The third-order valence-electron chi connectivity index (χ3n) is 3.53. The first-order valence-electron chi connectivity index (χ1n) is 7.31. The van der Waals surface area contributed by atoms with Gasteiger partial charge in [0.25, 0.3) is 0 Å². The summed E-state index contributed by atoms with van der Waals surface area (Å²) in [6.45, 7) is 0. The number of thiazole rings is 1. The van der Waals surface area contributed by atoms with Crippen molar-refractivity contribution in [1.82, 2.24) is 24.7 Å². The van der Waals surface area contributed by atoms with Gasteiger partial charge in [-0.25, -0.2) is 9.97 Å². The minimum absolute atomic E-state index is 0.772. The van der Waals surface area contributed by atoms with Crippen molar-refractivity contribution in [3.8, 4) is 16.3 Å². The fourth-order valence-electron chi connectivity index (χ4n) is 2.34. The predicted molar refractivity (Wildman–Crippen MR) is 96.5 cm³/mol. The van der Waals surface area contributed by atoms with Gasteiger partial charge >= 0.3 is 0 Å². The molecule has 0 fully saturated rings. The van der Waals surface area contributed by atoms with Crippen LogP contribution in [0.2, 0.25) is 0 Å². The van der Waals surface area contributed by atoms with Gasteiger partial charge in [0.05, 0.1) is 30.0 Å². The fraction of sp³-hybridized carbons (Fsp3) is 0.188. The number of nitrogens with zero attached hydrogens (tertiary/aromatic N) is 4. The number of nitrogens with one attached hydrogen (secondary N) is 1. The third-order valence-corrected chi connectivity index (χ3v) is 5.37. The molecule has 0 aliphatic heterocycles. The van der Waals surface area contributed by atoms with Crippen LogP contribution in [0.1, 0.15) is 5.69 Å². The van der Waals surface area contributed by atoms with E-state index in [-0.39, 0.29) is 0 Å². The molecule has 0 radical (unpaired) electrons. The second-order valence-electron chi connectivity index (χ2n) is 5.26. The molecule has 122 valence electrons. The highest BCUT2D eigenvalue weighted by Crippen LogP contribution is 2.28. The Balaban J connectivity index is 1.48. The largest absolute Gasteiger partial charge is 0.497 e. The lowest BCUT2D eigenvalue weighted by atomic mass is 10.3. The molecule has 0 spiro atoms. The van der Waals surface area contributed by atoms with E-state index in [1.807, 2.05) is 37.6 Å². The minimum atomic E-state index is 0.772. The second-order valence-corrected chi connectivity index (χ2v) is 7.08. The van der Waals surface area contributed by atoms with Crippen LogP contribution in [0.25, 0.3) is 21.6 Å². The lowest BCUT2D eigenvalue weighted by Crippen LogP contribution is -1.84. The normalized spacial score (nSPS) is 11.2. The summed E-state index contributed by atoms with van der Waals surface area (Å²) in [7, 11) is 3.57. The number of hydrogen-bond donors (Lipinski definition) is 1. The van der Waals surface area contributed by atoms with Gasteiger partial charge in [0, 0.05) is 36.0 Å². The summed E-state index contributed by atoms with van der Waals surface area (Å²) in [6, 6.07) is 5.83. The molecule has 0 saturated carbocycles. The fourth-order valence-corrected chi connectivity index (χ4v) is 4.02. The molecule has 1 aromatic carbocycles. The smallest absolute Gasteiger partial charge is 0.166 e. The highest BCUT2D eigenvalue weighted by Gasteiger charge is 2.09. The molecular formula is C16H15N5OS2. The van der Waals surface area contributed by atoms with E-state index in [0.717, 1.165) is 44.0 Å². The summed E-state index contributed by atoms with van der Waals surface area (Å²) in [4.78, 5) is 12.6. The SMILES string of the molecule is COc1ccc2nc(SCc3csc(-c4cnn(C)c4)n3)[nH]c2c1. The number of methoxy groups -OCH3 is 1. The molecule has 0 atom stereocenters. The first kappa shape index (κ1) is 15.2.